The molecule has 0 spiro atoms. The molecule has 2 atom stereocenters. The van der Waals surface area contributed by atoms with Crippen LogP contribution < -0.4 is 5.32 Å². The maximum atomic E-state index is 3.51. The van der Waals surface area contributed by atoms with Gasteiger partial charge >= 0.3 is 0 Å². The Hall–Kier alpha value is -0.300. The lowest BCUT2D eigenvalue weighted by Gasteiger charge is -2.19. The molecule has 1 fully saturated rings. The summed E-state index contributed by atoms with van der Waals surface area (Å²) in [6, 6.07) is 0.829. The Kier molecular flexibility index (Phi) is 1.31. The first-order valence-corrected chi connectivity index (χ1v) is 3.85. The van der Waals surface area contributed by atoms with Crippen LogP contribution in [0.25, 0.3) is 0 Å². The number of nitrogens with one attached hydrogen (secondary N) is 1. The zero-order valence-electron chi connectivity index (χ0n) is 5.64. The van der Waals surface area contributed by atoms with E-state index in [1.54, 1.807) is 0 Å². The van der Waals surface area contributed by atoms with E-state index >= 15 is 0 Å². The lowest BCUT2D eigenvalue weighted by molar-refractivity contribution is 0.439. The molecular formula is C8H13N. The molecule has 0 saturated carbocycles. The van der Waals surface area contributed by atoms with E-state index in [4.69, 9.17) is 0 Å². The van der Waals surface area contributed by atoms with Gasteiger partial charge in [0, 0.05) is 6.04 Å². The first-order chi connectivity index (χ1) is 4.47. The molecule has 1 heterocycles. The minimum absolute atomic E-state index is 0.829. The SMILES string of the molecule is C1=CC[C@H]2NCC[C@H]2C1. The van der Waals surface area contributed by atoms with Gasteiger partial charge in [-0.15, -0.1) is 0 Å². The van der Waals surface area contributed by atoms with Gasteiger partial charge in [0.25, 0.3) is 0 Å². The zero-order chi connectivity index (χ0) is 6.10. The number of hydrogen-bond acceptors (Lipinski definition) is 1. The van der Waals surface area contributed by atoms with Gasteiger partial charge in [-0.1, -0.05) is 12.2 Å². The molecule has 1 nitrogen and oxygen atoms in total. The third-order valence-electron chi connectivity index (χ3n) is 2.49. The number of fused-ring (bicyclic) bond motifs is 1. The van der Waals surface area contributed by atoms with Gasteiger partial charge in [0.1, 0.15) is 0 Å². The van der Waals surface area contributed by atoms with E-state index in [-0.39, 0.29) is 0 Å². The highest BCUT2D eigenvalue weighted by Gasteiger charge is 2.26. The highest BCUT2D eigenvalue weighted by molar-refractivity contribution is 5.00. The molecule has 0 unspecified atom stereocenters. The summed E-state index contributed by atoms with van der Waals surface area (Å²) in [5.74, 6) is 0.968. The van der Waals surface area contributed by atoms with Crippen LogP contribution in [0.4, 0.5) is 0 Å². The molecule has 0 aromatic heterocycles. The van der Waals surface area contributed by atoms with Crippen molar-refractivity contribution >= 4 is 0 Å². The Bertz CT molecular complexity index is 115. The Balaban J connectivity index is 2.07. The molecule has 1 aliphatic heterocycles. The number of rotatable bonds is 0. The topological polar surface area (TPSA) is 12.0 Å². The summed E-state index contributed by atoms with van der Waals surface area (Å²) in [7, 11) is 0. The first-order valence-electron chi connectivity index (χ1n) is 3.85. The van der Waals surface area contributed by atoms with Crippen LogP contribution >= 0.6 is 0 Å². The van der Waals surface area contributed by atoms with Crippen molar-refractivity contribution in [2.75, 3.05) is 6.54 Å². The summed E-state index contributed by atoms with van der Waals surface area (Å²) in [4.78, 5) is 0. The van der Waals surface area contributed by atoms with Gasteiger partial charge in [0.05, 0.1) is 0 Å². The summed E-state index contributed by atoms with van der Waals surface area (Å²) in [6.45, 7) is 1.25. The highest BCUT2D eigenvalue weighted by Crippen LogP contribution is 2.25. The van der Waals surface area contributed by atoms with E-state index < -0.39 is 0 Å². The van der Waals surface area contributed by atoms with Gasteiger partial charge in [-0.3, -0.25) is 0 Å². The van der Waals surface area contributed by atoms with E-state index in [2.05, 4.69) is 17.5 Å². The predicted molar refractivity (Wildman–Crippen MR) is 38.3 cm³/mol. The lowest BCUT2D eigenvalue weighted by Crippen LogP contribution is -2.27. The molecule has 50 valence electrons. The third kappa shape index (κ3) is 0.897. The standard InChI is InChI=1S/C8H13N/c1-2-4-8-7(3-1)5-6-9-8/h1-2,7-9H,3-6H2/t7-,8-/m1/s1. The quantitative estimate of drug-likeness (QED) is 0.479. The van der Waals surface area contributed by atoms with Crippen LogP contribution in [0.3, 0.4) is 0 Å². The summed E-state index contributed by atoms with van der Waals surface area (Å²) in [6.07, 6.45) is 8.62. The van der Waals surface area contributed by atoms with Crippen LogP contribution in [0, 0.1) is 5.92 Å². The van der Waals surface area contributed by atoms with Gasteiger partial charge in [0.15, 0.2) is 0 Å². The van der Waals surface area contributed by atoms with Crippen LogP contribution in [0.15, 0.2) is 12.2 Å². The smallest absolute Gasteiger partial charge is 0.0133 e. The minimum Gasteiger partial charge on any atom is -0.313 e. The fourth-order valence-corrected chi connectivity index (χ4v) is 1.89. The zero-order valence-corrected chi connectivity index (χ0v) is 5.64. The second-order valence-corrected chi connectivity index (χ2v) is 3.05. The molecule has 0 amide bonds. The monoisotopic (exact) mass is 123 g/mol. The highest BCUT2D eigenvalue weighted by atomic mass is 14.9. The fraction of sp³-hybridized carbons (Fsp3) is 0.750. The minimum atomic E-state index is 0.829. The molecule has 1 saturated heterocycles. The van der Waals surface area contributed by atoms with Crippen LogP contribution in [0.2, 0.25) is 0 Å². The van der Waals surface area contributed by atoms with Crippen molar-refractivity contribution in [2.24, 2.45) is 5.92 Å². The normalized spacial score (nSPS) is 40.9. The molecule has 2 rings (SSSR count). The Morgan fingerprint density at radius 2 is 2.11 bits per heavy atom. The molecule has 1 N–H and O–H groups in total. The molecule has 0 bridgehead atoms. The summed E-state index contributed by atoms with van der Waals surface area (Å²) in [5.41, 5.74) is 0. The largest absolute Gasteiger partial charge is 0.313 e. The van der Waals surface area contributed by atoms with Crippen molar-refractivity contribution in [1.82, 2.24) is 5.32 Å². The van der Waals surface area contributed by atoms with Gasteiger partial charge in [-0.25, -0.2) is 0 Å². The molecule has 0 aromatic carbocycles. The van der Waals surface area contributed by atoms with Crippen LogP contribution in [0.1, 0.15) is 19.3 Å². The van der Waals surface area contributed by atoms with Gasteiger partial charge < -0.3 is 5.32 Å². The van der Waals surface area contributed by atoms with Gasteiger partial charge in [-0.2, -0.15) is 0 Å². The Morgan fingerprint density at radius 1 is 1.22 bits per heavy atom. The van der Waals surface area contributed by atoms with Crippen molar-refractivity contribution < 1.29 is 0 Å². The fourth-order valence-electron chi connectivity index (χ4n) is 1.89. The van der Waals surface area contributed by atoms with Gasteiger partial charge in [0.2, 0.25) is 0 Å². The summed E-state index contributed by atoms with van der Waals surface area (Å²) >= 11 is 0. The van der Waals surface area contributed by atoms with Crippen LogP contribution in [-0.4, -0.2) is 12.6 Å². The Morgan fingerprint density at radius 3 is 3.00 bits per heavy atom. The van der Waals surface area contributed by atoms with Crippen molar-refractivity contribution in [3.05, 3.63) is 12.2 Å². The van der Waals surface area contributed by atoms with Crippen molar-refractivity contribution in [3.8, 4) is 0 Å². The molecule has 1 aliphatic carbocycles. The Labute approximate surface area is 56.1 Å². The second kappa shape index (κ2) is 2.14. The number of hydrogen-bond donors (Lipinski definition) is 1. The van der Waals surface area contributed by atoms with Crippen LogP contribution in [0.5, 0.6) is 0 Å². The number of allylic oxidation sites excluding steroid dienone is 1. The lowest BCUT2D eigenvalue weighted by atomic mass is 9.90. The van der Waals surface area contributed by atoms with E-state index in [1.807, 2.05) is 0 Å². The molecule has 0 radical (unpaired) electrons. The third-order valence-corrected chi connectivity index (χ3v) is 2.49. The second-order valence-electron chi connectivity index (χ2n) is 3.05. The van der Waals surface area contributed by atoms with E-state index in [0.29, 0.717) is 0 Å². The van der Waals surface area contributed by atoms with E-state index in [9.17, 15) is 0 Å². The first kappa shape index (κ1) is 5.48. The van der Waals surface area contributed by atoms with Crippen LogP contribution in [-0.2, 0) is 0 Å². The molecule has 0 aromatic rings. The maximum Gasteiger partial charge on any atom is 0.0133 e. The summed E-state index contributed by atoms with van der Waals surface area (Å²) < 4.78 is 0. The summed E-state index contributed by atoms with van der Waals surface area (Å²) in [5, 5.41) is 3.51. The van der Waals surface area contributed by atoms with Gasteiger partial charge in [-0.05, 0) is 31.7 Å². The average molecular weight is 123 g/mol. The molecule has 2 aliphatic rings. The van der Waals surface area contributed by atoms with E-state index in [1.165, 1.54) is 25.8 Å². The maximum absolute atomic E-state index is 3.51. The predicted octanol–water partition coefficient (Wildman–Crippen LogP) is 1.31. The van der Waals surface area contributed by atoms with Crippen molar-refractivity contribution in [3.63, 3.8) is 0 Å². The van der Waals surface area contributed by atoms with Crippen molar-refractivity contribution in [1.29, 1.82) is 0 Å². The molecule has 9 heavy (non-hydrogen) atoms. The average Bonchev–Trinajstić information content (AvgIpc) is 2.33. The van der Waals surface area contributed by atoms with Crippen molar-refractivity contribution in [2.45, 2.75) is 25.3 Å². The van der Waals surface area contributed by atoms with E-state index in [0.717, 1.165) is 12.0 Å². The molecule has 1 heteroatoms. The molecular weight excluding hydrogens is 110 g/mol.